The van der Waals surface area contributed by atoms with E-state index in [1.807, 2.05) is 38.4 Å². The van der Waals surface area contributed by atoms with Gasteiger partial charge < -0.3 is 25.0 Å². The number of nitrogens with zero attached hydrogens (tertiary/aromatic N) is 1. The van der Waals surface area contributed by atoms with Gasteiger partial charge in [-0.15, -0.1) is 24.8 Å². The van der Waals surface area contributed by atoms with Crippen LogP contribution in [0, 0.1) is 0 Å². The maximum absolute atomic E-state index is 12.0. The van der Waals surface area contributed by atoms with Gasteiger partial charge in [0.05, 0.1) is 13.2 Å². The standard InChI is InChI=1S/C16H25N3O3.2ClH/c1-19(2)8-10-22-14-5-3-13(4-6-14)11-18-16(20)15-12-21-9-7-17-15;;/h3-6,15,17H,7-12H2,1-2H3,(H,18,20);2*1H. The molecule has 6 nitrogen and oxygen atoms in total. The van der Waals surface area contributed by atoms with Crippen molar-refractivity contribution in [2.24, 2.45) is 0 Å². The minimum atomic E-state index is -0.248. The number of halogens is 2. The summed E-state index contributed by atoms with van der Waals surface area (Å²) in [5.74, 6) is 0.824. The molecule has 0 aliphatic carbocycles. The van der Waals surface area contributed by atoms with E-state index in [9.17, 15) is 4.79 Å². The number of morpholine rings is 1. The number of nitrogens with one attached hydrogen (secondary N) is 2. The minimum absolute atomic E-state index is 0. The zero-order chi connectivity index (χ0) is 15.8. The van der Waals surface area contributed by atoms with Crippen LogP contribution in [0.1, 0.15) is 5.56 Å². The Kier molecular flexibility index (Phi) is 11.8. The number of amides is 1. The Hall–Kier alpha value is -1.05. The van der Waals surface area contributed by atoms with Gasteiger partial charge in [0.15, 0.2) is 0 Å². The van der Waals surface area contributed by atoms with E-state index in [4.69, 9.17) is 9.47 Å². The first kappa shape index (κ1) is 22.9. The lowest BCUT2D eigenvalue weighted by atomic mass is 10.2. The Labute approximate surface area is 156 Å². The summed E-state index contributed by atoms with van der Waals surface area (Å²) in [7, 11) is 4.03. The molecule has 8 heteroatoms. The van der Waals surface area contributed by atoms with Gasteiger partial charge in [0.2, 0.25) is 5.91 Å². The SMILES string of the molecule is CN(C)CCOc1ccc(CNC(=O)C2COCCN2)cc1.Cl.Cl. The van der Waals surface area contributed by atoms with Crippen LogP contribution in [-0.2, 0) is 16.1 Å². The molecule has 1 atom stereocenters. The summed E-state index contributed by atoms with van der Waals surface area (Å²) in [6.07, 6.45) is 0. The van der Waals surface area contributed by atoms with Gasteiger partial charge in [-0.25, -0.2) is 0 Å². The summed E-state index contributed by atoms with van der Waals surface area (Å²) >= 11 is 0. The Balaban J connectivity index is 0.00000264. The van der Waals surface area contributed by atoms with Crippen molar-refractivity contribution in [3.63, 3.8) is 0 Å². The number of hydrogen-bond donors (Lipinski definition) is 2. The molecule has 1 aliphatic rings. The van der Waals surface area contributed by atoms with Crippen molar-refractivity contribution in [3.8, 4) is 5.75 Å². The first-order valence-electron chi connectivity index (χ1n) is 7.60. The molecule has 1 heterocycles. The Morgan fingerprint density at radius 3 is 2.62 bits per heavy atom. The highest BCUT2D eigenvalue weighted by Crippen LogP contribution is 2.12. The molecule has 1 amide bonds. The second kappa shape index (κ2) is 12.3. The second-order valence-electron chi connectivity index (χ2n) is 5.60. The highest BCUT2D eigenvalue weighted by atomic mass is 35.5. The Morgan fingerprint density at radius 1 is 1.33 bits per heavy atom. The molecule has 1 aliphatic heterocycles. The van der Waals surface area contributed by atoms with Gasteiger partial charge in [-0.3, -0.25) is 4.79 Å². The average Bonchev–Trinajstić information content (AvgIpc) is 2.54. The fourth-order valence-electron chi connectivity index (χ4n) is 2.10. The molecule has 1 unspecified atom stereocenters. The van der Waals surface area contributed by atoms with Crippen LogP contribution in [0.5, 0.6) is 5.75 Å². The van der Waals surface area contributed by atoms with Gasteiger partial charge >= 0.3 is 0 Å². The molecule has 1 saturated heterocycles. The van der Waals surface area contributed by atoms with Crippen LogP contribution >= 0.6 is 24.8 Å². The van der Waals surface area contributed by atoms with E-state index < -0.39 is 0 Å². The number of carbonyl (C=O) groups is 1. The predicted molar refractivity (Wildman–Crippen MR) is 99.4 cm³/mol. The molecule has 0 radical (unpaired) electrons. The van der Waals surface area contributed by atoms with E-state index in [0.717, 1.165) is 24.4 Å². The fraction of sp³-hybridized carbons (Fsp3) is 0.562. The van der Waals surface area contributed by atoms with Crippen LogP contribution in [0.3, 0.4) is 0 Å². The van der Waals surface area contributed by atoms with Gasteiger partial charge in [0.1, 0.15) is 18.4 Å². The van der Waals surface area contributed by atoms with E-state index in [1.165, 1.54) is 0 Å². The molecule has 138 valence electrons. The Morgan fingerprint density at radius 2 is 2.04 bits per heavy atom. The van der Waals surface area contributed by atoms with Crippen molar-refractivity contribution < 1.29 is 14.3 Å². The quantitative estimate of drug-likeness (QED) is 0.741. The predicted octanol–water partition coefficient (Wildman–Crippen LogP) is 1.08. The van der Waals surface area contributed by atoms with Crippen LogP contribution < -0.4 is 15.4 Å². The van der Waals surface area contributed by atoms with Gasteiger partial charge in [0.25, 0.3) is 0 Å². The highest BCUT2D eigenvalue weighted by Gasteiger charge is 2.20. The molecule has 1 aromatic carbocycles. The number of benzene rings is 1. The molecule has 0 aromatic heterocycles. The second-order valence-corrected chi connectivity index (χ2v) is 5.60. The summed E-state index contributed by atoms with van der Waals surface area (Å²) in [6, 6.07) is 7.55. The van der Waals surface area contributed by atoms with Crippen molar-refractivity contribution >= 4 is 30.7 Å². The zero-order valence-corrected chi connectivity index (χ0v) is 15.8. The molecule has 1 fully saturated rings. The van der Waals surface area contributed by atoms with Crippen molar-refractivity contribution in [1.82, 2.24) is 15.5 Å². The first-order chi connectivity index (χ1) is 10.6. The smallest absolute Gasteiger partial charge is 0.239 e. The summed E-state index contributed by atoms with van der Waals surface area (Å²) in [5, 5.41) is 6.05. The maximum Gasteiger partial charge on any atom is 0.239 e. The third-order valence-electron chi connectivity index (χ3n) is 3.44. The fourth-order valence-corrected chi connectivity index (χ4v) is 2.10. The molecule has 2 rings (SSSR count). The van der Waals surface area contributed by atoms with Gasteiger partial charge in [-0.05, 0) is 31.8 Å². The number of rotatable bonds is 7. The van der Waals surface area contributed by atoms with Gasteiger partial charge in [0, 0.05) is 19.6 Å². The summed E-state index contributed by atoms with van der Waals surface area (Å²) in [5.41, 5.74) is 1.05. The zero-order valence-electron chi connectivity index (χ0n) is 14.1. The molecular formula is C16H27Cl2N3O3. The van der Waals surface area contributed by atoms with E-state index in [0.29, 0.717) is 26.4 Å². The minimum Gasteiger partial charge on any atom is -0.492 e. The molecule has 0 spiro atoms. The molecule has 0 saturated carbocycles. The molecular weight excluding hydrogens is 353 g/mol. The topological polar surface area (TPSA) is 62.8 Å². The number of hydrogen-bond acceptors (Lipinski definition) is 5. The number of ether oxygens (including phenoxy) is 2. The van der Waals surface area contributed by atoms with E-state index in [1.54, 1.807) is 0 Å². The van der Waals surface area contributed by atoms with Crippen molar-refractivity contribution in [1.29, 1.82) is 0 Å². The number of likely N-dealkylation sites (N-methyl/N-ethyl adjacent to an activating group) is 1. The van der Waals surface area contributed by atoms with Gasteiger partial charge in [-0.1, -0.05) is 12.1 Å². The number of carbonyl (C=O) groups excluding carboxylic acids is 1. The lowest BCUT2D eigenvalue weighted by molar-refractivity contribution is -0.126. The summed E-state index contributed by atoms with van der Waals surface area (Å²) in [4.78, 5) is 14.0. The first-order valence-corrected chi connectivity index (χ1v) is 7.60. The Bertz CT molecular complexity index is 466. The average molecular weight is 380 g/mol. The van der Waals surface area contributed by atoms with Crippen molar-refractivity contribution in [3.05, 3.63) is 29.8 Å². The lowest BCUT2D eigenvalue weighted by Gasteiger charge is -2.22. The monoisotopic (exact) mass is 379 g/mol. The van der Waals surface area contributed by atoms with Crippen LogP contribution in [0.2, 0.25) is 0 Å². The highest BCUT2D eigenvalue weighted by molar-refractivity contribution is 5.85. The van der Waals surface area contributed by atoms with E-state index in [2.05, 4.69) is 15.5 Å². The van der Waals surface area contributed by atoms with Gasteiger partial charge in [-0.2, -0.15) is 0 Å². The third-order valence-corrected chi connectivity index (χ3v) is 3.44. The molecule has 1 aromatic rings. The summed E-state index contributed by atoms with van der Waals surface area (Å²) < 4.78 is 10.9. The van der Waals surface area contributed by atoms with Crippen LogP contribution in [0.25, 0.3) is 0 Å². The lowest BCUT2D eigenvalue weighted by Crippen LogP contribution is -2.51. The van der Waals surface area contributed by atoms with E-state index >= 15 is 0 Å². The molecule has 24 heavy (non-hydrogen) atoms. The van der Waals surface area contributed by atoms with Crippen LogP contribution in [0.4, 0.5) is 0 Å². The van der Waals surface area contributed by atoms with Crippen LogP contribution in [0.15, 0.2) is 24.3 Å². The molecule has 0 bridgehead atoms. The largest absolute Gasteiger partial charge is 0.492 e. The molecule has 2 N–H and O–H groups in total. The third kappa shape index (κ3) is 8.17. The van der Waals surface area contributed by atoms with E-state index in [-0.39, 0.29) is 36.8 Å². The summed E-state index contributed by atoms with van der Waals surface area (Å²) in [6.45, 7) is 3.88. The van der Waals surface area contributed by atoms with Crippen molar-refractivity contribution in [2.45, 2.75) is 12.6 Å². The van der Waals surface area contributed by atoms with Crippen LogP contribution in [-0.4, -0.2) is 63.9 Å². The normalized spacial score (nSPS) is 16.7. The van der Waals surface area contributed by atoms with Crippen molar-refractivity contribution in [2.75, 3.05) is 47.0 Å². The maximum atomic E-state index is 12.0.